The summed E-state index contributed by atoms with van der Waals surface area (Å²) < 4.78 is 24.0. The maximum atomic E-state index is 12.0. The van der Waals surface area contributed by atoms with Crippen LogP contribution in [0.25, 0.3) is 0 Å². The molecule has 0 amide bonds. The van der Waals surface area contributed by atoms with E-state index in [2.05, 4.69) is 19.2 Å². The zero-order valence-corrected chi connectivity index (χ0v) is 10.4. The highest BCUT2D eigenvalue weighted by atomic mass is 32.2. The van der Waals surface area contributed by atoms with E-state index in [1.165, 1.54) is 17.3 Å². The topological polar surface area (TPSA) is 12.0 Å². The van der Waals surface area contributed by atoms with Gasteiger partial charge in [-0.15, -0.1) is 11.8 Å². The van der Waals surface area contributed by atoms with E-state index >= 15 is 0 Å². The van der Waals surface area contributed by atoms with Crippen molar-refractivity contribution in [1.29, 1.82) is 0 Å². The van der Waals surface area contributed by atoms with Crippen molar-refractivity contribution in [3.8, 4) is 0 Å². The minimum absolute atomic E-state index is 0.135. The van der Waals surface area contributed by atoms with Crippen LogP contribution in [0.5, 0.6) is 0 Å². The van der Waals surface area contributed by atoms with Crippen molar-refractivity contribution in [3.63, 3.8) is 0 Å². The van der Waals surface area contributed by atoms with Gasteiger partial charge in [0.2, 0.25) is 6.43 Å². The maximum absolute atomic E-state index is 12.0. The first-order valence-electron chi connectivity index (χ1n) is 5.31. The molecule has 0 unspecified atom stereocenters. The Labute approximate surface area is 99.6 Å². The Morgan fingerprint density at radius 3 is 2.31 bits per heavy atom. The van der Waals surface area contributed by atoms with Gasteiger partial charge in [-0.3, -0.25) is 0 Å². The second-order valence-corrected chi connectivity index (χ2v) is 4.98. The first-order valence-corrected chi connectivity index (χ1v) is 6.29. The summed E-state index contributed by atoms with van der Waals surface area (Å²) in [4.78, 5) is 0.897. The summed E-state index contributed by atoms with van der Waals surface area (Å²) in [6.45, 7) is 5.00. The summed E-state index contributed by atoms with van der Waals surface area (Å²) >= 11 is 1.19. The molecule has 0 aliphatic carbocycles. The third kappa shape index (κ3) is 5.47. The fourth-order valence-corrected chi connectivity index (χ4v) is 1.83. The fourth-order valence-electron chi connectivity index (χ4n) is 1.18. The first-order chi connectivity index (χ1) is 7.58. The summed E-state index contributed by atoms with van der Waals surface area (Å²) in [6.07, 6.45) is -2.24. The van der Waals surface area contributed by atoms with E-state index < -0.39 is 6.43 Å². The molecule has 1 rings (SSSR count). The van der Waals surface area contributed by atoms with Crippen LogP contribution in [-0.4, -0.2) is 18.2 Å². The Morgan fingerprint density at radius 2 is 1.81 bits per heavy atom. The molecule has 0 heterocycles. The number of halogens is 2. The SMILES string of the molecule is CC(C)NCc1ccc(SCC(F)F)cc1. The Hall–Kier alpha value is -0.610. The molecule has 1 aromatic carbocycles. The van der Waals surface area contributed by atoms with Crippen molar-refractivity contribution >= 4 is 11.8 Å². The predicted molar refractivity (Wildman–Crippen MR) is 65.1 cm³/mol. The van der Waals surface area contributed by atoms with Crippen molar-refractivity contribution in [2.24, 2.45) is 0 Å². The van der Waals surface area contributed by atoms with Crippen molar-refractivity contribution in [2.45, 2.75) is 37.8 Å². The van der Waals surface area contributed by atoms with Gasteiger partial charge in [-0.1, -0.05) is 26.0 Å². The molecule has 0 saturated carbocycles. The maximum Gasteiger partial charge on any atom is 0.247 e. The van der Waals surface area contributed by atoms with Gasteiger partial charge in [-0.2, -0.15) is 0 Å². The third-order valence-electron chi connectivity index (χ3n) is 2.01. The second-order valence-electron chi connectivity index (χ2n) is 3.88. The average Bonchev–Trinajstić information content (AvgIpc) is 2.25. The molecule has 0 radical (unpaired) electrons. The number of alkyl halides is 2. The molecule has 1 nitrogen and oxygen atoms in total. The summed E-state index contributed by atoms with van der Waals surface area (Å²) in [5.74, 6) is -0.135. The summed E-state index contributed by atoms with van der Waals surface area (Å²) in [5.41, 5.74) is 1.18. The van der Waals surface area contributed by atoms with Crippen LogP contribution in [0, 0.1) is 0 Å². The van der Waals surface area contributed by atoms with Crippen molar-refractivity contribution in [3.05, 3.63) is 29.8 Å². The van der Waals surface area contributed by atoms with Crippen LogP contribution in [0.3, 0.4) is 0 Å². The van der Waals surface area contributed by atoms with Gasteiger partial charge in [-0.05, 0) is 17.7 Å². The minimum atomic E-state index is -2.24. The lowest BCUT2D eigenvalue weighted by molar-refractivity contribution is 0.177. The molecule has 1 N–H and O–H groups in total. The molecule has 0 aliphatic rings. The highest BCUT2D eigenvalue weighted by Crippen LogP contribution is 2.20. The highest BCUT2D eigenvalue weighted by Gasteiger charge is 2.03. The van der Waals surface area contributed by atoms with Gasteiger partial charge in [0.05, 0.1) is 5.75 Å². The lowest BCUT2D eigenvalue weighted by atomic mass is 10.2. The molecule has 0 aliphatic heterocycles. The van der Waals surface area contributed by atoms with Gasteiger partial charge >= 0.3 is 0 Å². The van der Waals surface area contributed by atoms with Gasteiger partial charge < -0.3 is 5.32 Å². The van der Waals surface area contributed by atoms with Crippen LogP contribution in [0.4, 0.5) is 8.78 Å². The van der Waals surface area contributed by atoms with Gasteiger partial charge in [0.1, 0.15) is 0 Å². The summed E-state index contributed by atoms with van der Waals surface area (Å²) in [5, 5.41) is 3.30. The monoisotopic (exact) mass is 245 g/mol. The predicted octanol–water partition coefficient (Wildman–Crippen LogP) is 3.54. The Balaban J connectivity index is 2.41. The Bertz CT molecular complexity index is 267. The van der Waals surface area contributed by atoms with Crippen molar-refractivity contribution in [2.75, 3.05) is 5.75 Å². The third-order valence-corrected chi connectivity index (χ3v) is 3.04. The number of thioether (sulfide) groups is 1. The molecule has 90 valence electrons. The molecule has 0 bridgehead atoms. The molecular formula is C12H17F2NS. The van der Waals surface area contributed by atoms with Gasteiger partial charge in [-0.25, -0.2) is 8.78 Å². The van der Waals surface area contributed by atoms with Crippen LogP contribution in [0.2, 0.25) is 0 Å². The normalized spacial score (nSPS) is 11.4. The van der Waals surface area contributed by atoms with Gasteiger partial charge in [0.15, 0.2) is 0 Å². The van der Waals surface area contributed by atoms with Crippen molar-refractivity contribution < 1.29 is 8.78 Å². The van der Waals surface area contributed by atoms with E-state index in [0.717, 1.165) is 11.4 Å². The molecule has 0 atom stereocenters. The van der Waals surface area contributed by atoms with Crippen LogP contribution < -0.4 is 5.32 Å². The molecule has 0 aromatic heterocycles. The van der Waals surface area contributed by atoms with E-state index in [1.54, 1.807) is 0 Å². The lowest BCUT2D eigenvalue weighted by Gasteiger charge is -2.08. The van der Waals surface area contributed by atoms with Crippen LogP contribution in [-0.2, 0) is 6.54 Å². The summed E-state index contributed by atoms with van der Waals surface area (Å²) in [7, 11) is 0. The van der Waals surface area contributed by atoms with Gasteiger partial charge in [0.25, 0.3) is 0 Å². The van der Waals surface area contributed by atoms with E-state index in [1.807, 2.05) is 24.3 Å². The van der Waals surface area contributed by atoms with E-state index in [0.29, 0.717) is 6.04 Å². The Kier molecular flexibility index (Phi) is 5.77. The number of hydrogen-bond donors (Lipinski definition) is 1. The van der Waals surface area contributed by atoms with Crippen LogP contribution in [0.1, 0.15) is 19.4 Å². The summed E-state index contributed by atoms with van der Waals surface area (Å²) in [6, 6.07) is 8.19. The number of benzene rings is 1. The molecule has 0 spiro atoms. The quantitative estimate of drug-likeness (QED) is 0.769. The largest absolute Gasteiger partial charge is 0.310 e. The van der Waals surface area contributed by atoms with E-state index in [-0.39, 0.29) is 5.75 Å². The van der Waals surface area contributed by atoms with Crippen LogP contribution >= 0.6 is 11.8 Å². The molecule has 0 saturated heterocycles. The lowest BCUT2D eigenvalue weighted by Crippen LogP contribution is -2.21. The zero-order chi connectivity index (χ0) is 12.0. The molecule has 0 fully saturated rings. The Morgan fingerprint density at radius 1 is 1.19 bits per heavy atom. The standard InChI is InChI=1S/C12H17F2NS/c1-9(2)15-7-10-3-5-11(6-4-10)16-8-12(13)14/h3-6,9,12,15H,7-8H2,1-2H3. The highest BCUT2D eigenvalue weighted by molar-refractivity contribution is 7.99. The van der Waals surface area contributed by atoms with Crippen molar-refractivity contribution in [1.82, 2.24) is 5.32 Å². The smallest absolute Gasteiger partial charge is 0.247 e. The molecule has 4 heteroatoms. The average molecular weight is 245 g/mol. The molecule has 16 heavy (non-hydrogen) atoms. The van der Waals surface area contributed by atoms with Gasteiger partial charge in [0, 0.05) is 17.5 Å². The number of hydrogen-bond acceptors (Lipinski definition) is 2. The number of nitrogens with one attached hydrogen (secondary N) is 1. The minimum Gasteiger partial charge on any atom is -0.310 e. The second kappa shape index (κ2) is 6.86. The number of rotatable bonds is 6. The van der Waals surface area contributed by atoms with E-state index in [9.17, 15) is 8.78 Å². The molecule has 1 aromatic rings. The van der Waals surface area contributed by atoms with Crippen LogP contribution in [0.15, 0.2) is 29.2 Å². The zero-order valence-electron chi connectivity index (χ0n) is 9.54. The van der Waals surface area contributed by atoms with E-state index in [4.69, 9.17) is 0 Å². The fraction of sp³-hybridized carbons (Fsp3) is 0.500. The first kappa shape index (κ1) is 13.5. The molecular weight excluding hydrogens is 228 g/mol.